The maximum Gasteiger partial charge on any atom is -0.0213 e. The van der Waals surface area contributed by atoms with Crippen LogP contribution >= 0.6 is 0 Å². The molecule has 0 heterocycles. The second-order valence-electron chi connectivity index (χ2n) is 4.26. The van der Waals surface area contributed by atoms with Crippen molar-refractivity contribution in [3.63, 3.8) is 0 Å². The smallest absolute Gasteiger partial charge is 0.0213 e. The quantitative estimate of drug-likeness (QED) is 0.500. The second-order valence-corrected chi connectivity index (χ2v) is 4.26. The van der Waals surface area contributed by atoms with Crippen LogP contribution in [0.15, 0.2) is 0 Å². The van der Waals surface area contributed by atoms with E-state index in [2.05, 4.69) is 20.8 Å². The molecule has 0 aromatic rings. The van der Waals surface area contributed by atoms with Gasteiger partial charge in [0.25, 0.3) is 0 Å². The van der Waals surface area contributed by atoms with E-state index in [-0.39, 0.29) is 0 Å². The molecule has 0 saturated heterocycles. The lowest BCUT2D eigenvalue weighted by Gasteiger charge is -2.32. The normalized spacial score (nSPS) is 35.2. The molecule has 0 spiro atoms. The lowest BCUT2D eigenvalue weighted by Crippen LogP contribution is -2.21. The predicted octanol–water partition coefficient (Wildman–Crippen LogP) is 3.96. The highest BCUT2D eigenvalue weighted by molar-refractivity contribution is 5.01. The van der Waals surface area contributed by atoms with E-state index in [1.165, 1.54) is 38.5 Å². The van der Waals surface area contributed by atoms with Crippen LogP contribution in [0.25, 0.3) is 0 Å². The van der Waals surface area contributed by atoms with Crippen LogP contribution in [-0.2, 0) is 0 Å². The third-order valence-corrected chi connectivity index (χ3v) is 3.59. The summed E-state index contributed by atoms with van der Waals surface area (Å²) in [6.45, 7) is 7.12. The third kappa shape index (κ3) is 1.98. The predicted molar refractivity (Wildman–Crippen MR) is 50.4 cm³/mol. The van der Waals surface area contributed by atoms with Crippen molar-refractivity contribution in [1.82, 2.24) is 0 Å². The SMILES string of the molecule is CCC1(C)CCCCC[C]1C. The Bertz CT molecular complexity index is 117. The molecule has 0 aromatic carbocycles. The van der Waals surface area contributed by atoms with Gasteiger partial charge < -0.3 is 0 Å². The van der Waals surface area contributed by atoms with Gasteiger partial charge in [-0.05, 0) is 24.2 Å². The maximum atomic E-state index is 2.44. The molecule has 0 nitrogen and oxygen atoms in total. The highest BCUT2D eigenvalue weighted by Crippen LogP contribution is 2.43. The Balaban J connectivity index is 2.58. The van der Waals surface area contributed by atoms with E-state index in [0.717, 1.165) is 0 Å². The van der Waals surface area contributed by atoms with Crippen LogP contribution in [0.3, 0.4) is 0 Å². The molecular formula is C11H21. The first-order valence-corrected chi connectivity index (χ1v) is 5.02. The molecule has 0 amide bonds. The minimum atomic E-state index is 0.580. The molecule has 1 atom stereocenters. The van der Waals surface area contributed by atoms with E-state index < -0.39 is 0 Å². The van der Waals surface area contributed by atoms with Crippen molar-refractivity contribution < 1.29 is 0 Å². The summed E-state index contributed by atoms with van der Waals surface area (Å²) in [6, 6.07) is 0. The Labute approximate surface area is 71.4 Å². The van der Waals surface area contributed by atoms with Crippen molar-refractivity contribution in [2.24, 2.45) is 5.41 Å². The molecule has 0 aliphatic heterocycles. The molecule has 0 bridgehead atoms. The van der Waals surface area contributed by atoms with Gasteiger partial charge in [-0.1, -0.05) is 46.5 Å². The van der Waals surface area contributed by atoms with Crippen molar-refractivity contribution in [2.45, 2.75) is 59.3 Å². The fourth-order valence-corrected chi connectivity index (χ4v) is 2.08. The topological polar surface area (TPSA) is 0 Å². The van der Waals surface area contributed by atoms with Crippen LogP contribution < -0.4 is 0 Å². The van der Waals surface area contributed by atoms with Gasteiger partial charge in [0.1, 0.15) is 0 Å². The van der Waals surface area contributed by atoms with Crippen LogP contribution in [-0.4, -0.2) is 0 Å². The zero-order chi connectivity index (χ0) is 8.32. The average Bonchev–Trinajstić information content (AvgIpc) is 2.16. The fraction of sp³-hybridized carbons (Fsp3) is 0.909. The van der Waals surface area contributed by atoms with Gasteiger partial charge in [0, 0.05) is 0 Å². The van der Waals surface area contributed by atoms with Crippen LogP contribution in [0, 0.1) is 11.3 Å². The molecule has 1 fully saturated rings. The summed E-state index contributed by atoms with van der Waals surface area (Å²) in [5.41, 5.74) is 0.580. The molecule has 1 aliphatic carbocycles. The van der Waals surface area contributed by atoms with E-state index in [0.29, 0.717) is 5.41 Å². The average molecular weight is 153 g/mol. The Kier molecular flexibility index (Phi) is 2.98. The van der Waals surface area contributed by atoms with Crippen molar-refractivity contribution >= 4 is 0 Å². The van der Waals surface area contributed by atoms with Gasteiger partial charge in [-0.2, -0.15) is 0 Å². The molecule has 0 N–H and O–H groups in total. The molecular weight excluding hydrogens is 132 g/mol. The van der Waals surface area contributed by atoms with Gasteiger partial charge in [0.2, 0.25) is 0 Å². The third-order valence-electron chi connectivity index (χ3n) is 3.59. The summed E-state index contributed by atoms with van der Waals surface area (Å²) in [4.78, 5) is 0. The summed E-state index contributed by atoms with van der Waals surface area (Å²) >= 11 is 0. The molecule has 1 aliphatic rings. The zero-order valence-corrected chi connectivity index (χ0v) is 8.24. The van der Waals surface area contributed by atoms with E-state index in [9.17, 15) is 0 Å². The summed E-state index contributed by atoms with van der Waals surface area (Å²) in [6.07, 6.45) is 8.47. The van der Waals surface area contributed by atoms with Crippen molar-refractivity contribution in [1.29, 1.82) is 0 Å². The Morgan fingerprint density at radius 2 is 2.00 bits per heavy atom. The molecule has 1 saturated carbocycles. The first kappa shape index (κ1) is 9.09. The molecule has 0 heteroatoms. The highest BCUT2D eigenvalue weighted by Gasteiger charge is 2.30. The van der Waals surface area contributed by atoms with Gasteiger partial charge >= 0.3 is 0 Å². The maximum absolute atomic E-state index is 2.44. The summed E-state index contributed by atoms with van der Waals surface area (Å²) < 4.78 is 0. The van der Waals surface area contributed by atoms with Crippen molar-refractivity contribution in [3.05, 3.63) is 5.92 Å². The number of hydrogen-bond donors (Lipinski definition) is 0. The molecule has 11 heavy (non-hydrogen) atoms. The van der Waals surface area contributed by atoms with Gasteiger partial charge in [-0.15, -0.1) is 0 Å². The van der Waals surface area contributed by atoms with Gasteiger partial charge in [0.15, 0.2) is 0 Å². The van der Waals surface area contributed by atoms with Crippen LogP contribution in [0.2, 0.25) is 0 Å². The van der Waals surface area contributed by atoms with Gasteiger partial charge in [0.05, 0.1) is 0 Å². The largest absolute Gasteiger partial charge is 0.0648 e. The van der Waals surface area contributed by atoms with E-state index in [1.54, 1.807) is 5.92 Å². The monoisotopic (exact) mass is 153 g/mol. The molecule has 1 unspecified atom stereocenters. The van der Waals surface area contributed by atoms with E-state index >= 15 is 0 Å². The first-order valence-electron chi connectivity index (χ1n) is 5.02. The Hall–Kier alpha value is 0. The minimum absolute atomic E-state index is 0.580. The number of rotatable bonds is 1. The molecule has 1 rings (SSSR count). The van der Waals surface area contributed by atoms with Crippen molar-refractivity contribution in [3.8, 4) is 0 Å². The van der Waals surface area contributed by atoms with Crippen LogP contribution in [0.1, 0.15) is 59.3 Å². The fourth-order valence-electron chi connectivity index (χ4n) is 2.08. The Morgan fingerprint density at radius 3 is 2.64 bits per heavy atom. The summed E-state index contributed by atoms with van der Waals surface area (Å²) in [7, 11) is 0. The highest BCUT2D eigenvalue weighted by atomic mass is 14.3. The lowest BCUT2D eigenvalue weighted by molar-refractivity contribution is 0.301. The molecule has 1 radical (unpaired) electrons. The zero-order valence-electron chi connectivity index (χ0n) is 8.24. The van der Waals surface area contributed by atoms with Crippen LogP contribution in [0.5, 0.6) is 0 Å². The van der Waals surface area contributed by atoms with Gasteiger partial charge in [-0.25, -0.2) is 0 Å². The Morgan fingerprint density at radius 1 is 1.27 bits per heavy atom. The first-order chi connectivity index (χ1) is 5.19. The van der Waals surface area contributed by atoms with Crippen molar-refractivity contribution in [2.75, 3.05) is 0 Å². The number of hydrogen-bond acceptors (Lipinski definition) is 0. The second kappa shape index (κ2) is 3.60. The lowest BCUT2D eigenvalue weighted by atomic mass is 9.73. The standard InChI is InChI=1S/C11H21/c1-4-11(3)9-7-5-6-8-10(11)2/h4-9H2,1-3H3. The summed E-state index contributed by atoms with van der Waals surface area (Å²) in [5.74, 6) is 1.75. The molecule has 65 valence electrons. The van der Waals surface area contributed by atoms with E-state index in [1.807, 2.05) is 0 Å². The minimum Gasteiger partial charge on any atom is -0.0648 e. The van der Waals surface area contributed by atoms with E-state index in [4.69, 9.17) is 0 Å². The summed E-state index contributed by atoms with van der Waals surface area (Å²) in [5, 5.41) is 0. The van der Waals surface area contributed by atoms with Crippen LogP contribution in [0.4, 0.5) is 0 Å². The molecule has 0 aromatic heterocycles. The van der Waals surface area contributed by atoms with Gasteiger partial charge in [-0.3, -0.25) is 0 Å².